The summed E-state index contributed by atoms with van der Waals surface area (Å²) in [5.41, 5.74) is 2.65. The maximum atomic E-state index is 14.4. The molecule has 0 saturated carbocycles. The molecule has 0 amide bonds. The van der Waals surface area contributed by atoms with Crippen molar-refractivity contribution < 1.29 is 23.6 Å². The van der Waals surface area contributed by atoms with Crippen LogP contribution in [-0.4, -0.2) is 63.7 Å². The molecule has 7 heteroatoms. The van der Waals surface area contributed by atoms with Crippen molar-refractivity contribution in [2.24, 2.45) is 16.8 Å². The van der Waals surface area contributed by atoms with Crippen molar-refractivity contribution in [3.63, 3.8) is 0 Å². The summed E-state index contributed by atoms with van der Waals surface area (Å²) in [7, 11) is 4.96. The molecular weight excluding hydrogens is 372 g/mol. The molecule has 0 aromatic heterocycles. The Morgan fingerprint density at radius 2 is 2.17 bits per heavy atom. The van der Waals surface area contributed by atoms with Crippen LogP contribution in [0, 0.1) is 17.0 Å². The Bertz CT molecular complexity index is 959. The van der Waals surface area contributed by atoms with Crippen LogP contribution in [-0.2, 0) is 14.9 Å². The fourth-order valence-electron chi connectivity index (χ4n) is 7.01. The maximum absolute atomic E-state index is 14.4. The molecule has 6 aliphatic rings. The van der Waals surface area contributed by atoms with E-state index in [0.29, 0.717) is 37.2 Å². The molecule has 1 aromatic rings. The van der Waals surface area contributed by atoms with Gasteiger partial charge in [-0.3, -0.25) is 0 Å². The Morgan fingerprint density at radius 3 is 2.93 bits per heavy atom. The molecule has 0 aliphatic carbocycles. The van der Waals surface area contributed by atoms with Crippen LogP contribution in [0.25, 0.3) is 0 Å². The summed E-state index contributed by atoms with van der Waals surface area (Å²) in [6.45, 7) is 1.69. The molecule has 6 atom stereocenters. The lowest BCUT2D eigenvalue weighted by Gasteiger charge is -2.63. The van der Waals surface area contributed by atoms with E-state index < -0.39 is 5.41 Å². The number of hydroxylamine groups is 3. The van der Waals surface area contributed by atoms with Gasteiger partial charge < -0.3 is 28.8 Å². The SMILES string of the molecule is COC/C=C1\C[N@+]2([O-])C3C[C@@]45C(=Nc6c4ccc(OC)c6OC)OCC3C1C[C@@H]52. The fourth-order valence-corrected chi connectivity index (χ4v) is 7.01. The number of hydrogen-bond donors (Lipinski definition) is 0. The molecule has 154 valence electrons. The highest BCUT2D eigenvalue weighted by Gasteiger charge is 2.74. The van der Waals surface area contributed by atoms with Gasteiger partial charge in [-0.2, -0.15) is 0 Å². The smallest absolute Gasteiger partial charge is 0.206 e. The normalized spacial score (nSPS) is 41.7. The minimum atomic E-state index is -0.447. The summed E-state index contributed by atoms with van der Waals surface area (Å²) < 4.78 is 22.6. The number of benzene rings is 1. The molecule has 1 aromatic carbocycles. The highest BCUT2D eigenvalue weighted by Crippen LogP contribution is 2.67. The van der Waals surface area contributed by atoms with Crippen LogP contribution in [0.1, 0.15) is 18.4 Å². The average molecular weight is 398 g/mol. The van der Waals surface area contributed by atoms with Gasteiger partial charge in [0.05, 0.1) is 39.4 Å². The number of hydrogen-bond acceptors (Lipinski definition) is 6. The van der Waals surface area contributed by atoms with Crippen LogP contribution >= 0.6 is 0 Å². The molecule has 3 unspecified atom stereocenters. The van der Waals surface area contributed by atoms with Crippen molar-refractivity contribution >= 4 is 11.6 Å². The third-order valence-corrected chi connectivity index (χ3v) is 8.10. The van der Waals surface area contributed by atoms with Gasteiger partial charge in [0, 0.05) is 31.4 Å². The largest absolute Gasteiger partial charge is 0.632 e. The Morgan fingerprint density at radius 1 is 1.31 bits per heavy atom. The molecule has 6 heterocycles. The predicted octanol–water partition coefficient (Wildman–Crippen LogP) is 2.69. The topological polar surface area (TPSA) is 72.3 Å². The van der Waals surface area contributed by atoms with Crippen LogP contribution in [0.3, 0.4) is 0 Å². The average Bonchev–Trinajstić information content (AvgIpc) is 3.01. The molecule has 29 heavy (non-hydrogen) atoms. The minimum Gasteiger partial charge on any atom is -0.632 e. The van der Waals surface area contributed by atoms with Crippen LogP contribution in [0.5, 0.6) is 11.5 Å². The fraction of sp³-hybridized carbons (Fsp3) is 0.591. The van der Waals surface area contributed by atoms with Gasteiger partial charge in [0.2, 0.25) is 5.90 Å². The van der Waals surface area contributed by atoms with Crippen molar-refractivity contribution in [3.05, 3.63) is 34.6 Å². The van der Waals surface area contributed by atoms with Crippen molar-refractivity contribution in [2.75, 3.05) is 41.1 Å². The van der Waals surface area contributed by atoms with E-state index in [-0.39, 0.29) is 22.6 Å². The summed E-state index contributed by atoms with van der Waals surface area (Å²) in [5, 5.41) is 14.4. The van der Waals surface area contributed by atoms with E-state index in [1.807, 2.05) is 6.07 Å². The quantitative estimate of drug-likeness (QED) is 0.443. The van der Waals surface area contributed by atoms with Gasteiger partial charge in [-0.25, -0.2) is 4.99 Å². The highest BCUT2D eigenvalue weighted by molar-refractivity contribution is 5.99. The molecule has 7 nitrogen and oxygen atoms in total. The third kappa shape index (κ3) is 1.92. The van der Waals surface area contributed by atoms with E-state index >= 15 is 0 Å². The van der Waals surface area contributed by atoms with Crippen molar-refractivity contribution in [2.45, 2.75) is 30.3 Å². The van der Waals surface area contributed by atoms with Crippen molar-refractivity contribution in [3.8, 4) is 11.5 Å². The number of fused-ring (bicyclic) bond motifs is 2. The minimum absolute atomic E-state index is 0.0604. The van der Waals surface area contributed by atoms with E-state index in [1.54, 1.807) is 21.3 Å². The number of ether oxygens (including phenoxy) is 4. The molecule has 7 rings (SSSR count). The van der Waals surface area contributed by atoms with Gasteiger partial charge in [0.1, 0.15) is 23.7 Å². The summed E-state index contributed by atoms with van der Waals surface area (Å²) in [5.74, 6) is 2.64. The van der Waals surface area contributed by atoms with Crippen LogP contribution in [0.15, 0.2) is 28.8 Å². The first-order valence-corrected chi connectivity index (χ1v) is 10.3. The van der Waals surface area contributed by atoms with Gasteiger partial charge in [0.15, 0.2) is 11.5 Å². The monoisotopic (exact) mass is 398 g/mol. The second-order valence-electron chi connectivity index (χ2n) is 8.94. The molecule has 1 spiro atoms. The zero-order valence-electron chi connectivity index (χ0n) is 17.0. The molecule has 5 saturated heterocycles. The lowest BCUT2D eigenvalue weighted by atomic mass is 9.67. The first kappa shape index (κ1) is 17.7. The Labute approximate surface area is 170 Å². The number of rotatable bonds is 4. The lowest BCUT2D eigenvalue weighted by Crippen LogP contribution is -2.70. The summed E-state index contributed by atoms with van der Waals surface area (Å²) in [4.78, 5) is 4.89. The second-order valence-corrected chi connectivity index (χ2v) is 8.94. The second kappa shape index (κ2) is 5.74. The predicted molar refractivity (Wildman–Crippen MR) is 107 cm³/mol. The number of quaternary nitrogens is 1. The van der Waals surface area contributed by atoms with Gasteiger partial charge >= 0.3 is 0 Å². The Balaban J connectivity index is 1.53. The van der Waals surface area contributed by atoms with Crippen LogP contribution < -0.4 is 9.47 Å². The van der Waals surface area contributed by atoms with E-state index in [0.717, 1.165) is 30.0 Å². The molecule has 0 N–H and O–H groups in total. The Hall–Kier alpha value is -2.09. The number of nitrogens with zero attached hydrogens (tertiary/aromatic N) is 2. The summed E-state index contributed by atoms with van der Waals surface area (Å²) >= 11 is 0. The summed E-state index contributed by atoms with van der Waals surface area (Å²) in [6, 6.07) is 4.00. The zero-order chi connectivity index (χ0) is 20.0. The third-order valence-electron chi connectivity index (χ3n) is 8.10. The summed E-state index contributed by atoms with van der Waals surface area (Å²) in [6.07, 6.45) is 3.82. The van der Waals surface area contributed by atoms with Gasteiger partial charge in [-0.05, 0) is 11.6 Å². The highest BCUT2D eigenvalue weighted by atomic mass is 16.6. The molecule has 5 fully saturated rings. The van der Waals surface area contributed by atoms with Crippen molar-refractivity contribution in [1.82, 2.24) is 0 Å². The molecular formula is C22H26N2O5. The maximum Gasteiger partial charge on any atom is 0.206 e. The molecule has 6 aliphatic heterocycles. The lowest BCUT2D eigenvalue weighted by molar-refractivity contribution is -0.932. The van der Waals surface area contributed by atoms with Crippen LogP contribution in [0.4, 0.5) is 5.69 Å². The standard InChI is InChI=1S/C22H26N2O5/c1-26-7-6-12-10-24(25)16-9-22-15-4-5-17(27-2)20(28-3)19(15)23-21(22)29-11-14(16)13(12)8-18(22)24/h4-6,13-14,16,18H,7-11H2,1-3H3/b12-6+/t13?,14?,16?,18-,22+,24-/m0/s1. The molecule has 0 radical (unpaired) electrons. The number of aliphatic imine (C=N–C) groups is 1. The van der Waals surface area contributed by atoms with Crippen LogP contribution in [0.2, 0.25) is 0 Å². The van der Waals surface area contributed by atoms with Gasteiger partial charge in [-0.15, -0.1) is 0 Å². The zero-order valence-corrected chi connectivity index (χ0v) is 17.0. The van der Waals surface area contributed by atoms with Gasteiger partial charge in [-0.1, -0.05) is 12.1 Å². The number of methoxy groups -OCH3 is 3. The van der Waals surface area contributed by atoms with E-state index in [1.165, 1.54) is 5.57 Å². The Kier molecular flexibility index (Phi) is 3.51. The van der Waals surface area contributed by atoms with Crippen molar-refractivity contribution in [1.29, 1.82) is 0 Å². The number of piperidine rings is 3. The van der Waals surface area contributed by atoms with E-state index in [2.05, 4.69) is 12.1 Å². The first-order chi connectivity index (χ1) is 14.1. The molecule has 5 bridgehead atoms. The van der Waals surface area contributed by atoms with E-state index in [4.69, 9.17) is 23.9 Å². The first-order valence-electron chi connectivity index (χ1n) is 10.3. The van der Waals surface area contributed by atoms with Gasteiger partial charge in [0.25, 0.3) is 0 Å². The van der Waals surface area contributed by atoms with E-state index in [9.17, 15) is 5.21 Å².